The number of imidazole rings is 1. The van der Waals surface area contributed by atoms with Gasteiger partial charge in [-0.25, -0.2) is 4.98 Å². The number of ether oxygens (including phenoxy) is 1. The average Bonchev–Trinajstić information content (AvgIpc) is 3.21. The predicted molar refractivity (Wildman–Crippen MR) is 140 cm³/mol. The van der Waals surface area contributed by atoms with Gasteiger partial charge in [0.1, 0.15) is 11.6 Å². The first-order valence-corrected chi connectivity index (χ1v) is 12.0. The van der Waals surface area contributed by atoms with Crippen LogP contribution in [0.4, 0.5) is 0 Å². The molecule has 0 N–H and O–H groups in total. The van der Waals surface area contributed by atoms with Gasteiger partial charge < -0.3 is 9.30 Å². The Labute approximate surface area is 201 Å². The third-order valence-electron chi connectivity index (χ3n) is 6.27. The van der Waals surface area contributed by atoms with Crippen molar-refractivity contribution in [3.05, 3.63) is 120 Å². The van der Waals surface area contributed by atoms with Crippen LogP contribution in [0.25, 0.3) is 22.2 Å². The fourth-order valence-electron chi connectivity index (χ4n) is 4.50. The Balaban J connectivity index is 1.31. The van der Waals surface area contributed by atoms with Crippen molar-refractivity contribution >= 4 is 11.0 Å². The summed E-state index contributed by atoms with van der Waals surface area (Å²) < 4.78 is 8.43. The lowest BCUT2D eigenvalue weighted by molar-refractivity contribution is 0.300. The molecule has 1 heterocycles. The Bertz CT molecular complexity index is 1380. The minimum Gasteiger partial charge on any atom is -0.493 e. The molecule has 0 spiro atoms. The van der Waals surface area contributed by atoms with Crippen LogP contribution in [0, 0.1) is 13.8 Å². The van der Waals surface area contributed by atoms with Crippen LogP contribution < -0.4 is 4.74 Å². The second-order valence-corrected chi connectivity index (χ2v) is 8.88. The second kappa shape index (κ2) is 9.96. The molecular weight excluding hydrogens is 416 g/mol. The average molecular weight is 447 g/mol. The van der Waals surface area contributed by atoms with Crippen molar-refractivity contribution in [2.45, 2.75) is 33.2 Å². The van der Waals surface area contributed by atoms with Crippen molar-refractivity contribution in [2.75, 3.05) is 6.61 Å². The predicted octanol–water partition coefficient (Wildman–Crippen LogP) is 7.38. The molecule has 0 bridgehead atoms. The Morgan fingerprint density at radius 2 is 1.50 bits per heavy atom. The molecule has 0 saturated carbocycles. The van der Waals surface area contributed by atoms with E-state index in [2.05, 4.69) is 115 Å². The summed E-state index contributed by atoms with van der Waals surface area (Å²) in [7, 11) is 0. The molecule has 4 aromatic carbocycles. The Kier molecular flexibility index (Phi) is 6.44. The number of benzene rings is 4. The summed E-state index contributed by atoms with van der Waals surface area (Å²) in [5.41, 5.74) is 8.43. The highest BCUT2D eigenvalue weighted by atomic mass is 16.5. The van der Waals surface area contributed by atoms with Gasteiger partial charge in [-0.2, -0.15) is 0 Å². The molecule has 0 aliphatic carbocycles. The van der Waals surface area contributed by atoms with Crippen molar-refractivity contribution in [2.24, 2.45) is 0 Å². The number of para-hydroxylation sites is 2. The molecule has 0 amide bonds. The summed E-state index contributed by atoms with van der Waals surface area (Å²) in [6.07, 6.45) is 1.73. The topological polar surface area (TPSA) is 27.1 Å². The molecule has 5 rings (SSSR count). The Hall–Kier alpha value is -3.85. The molecule has 5 aromatic rings. The number of hydrogen-bond donors (Lipinski definition) is 0. The first kappa shape index (κ1) is 22.0. The number of aromatic nitrogens is 2. The maximum absolute atomic E-state index is 6.08. The van der Waals surface area contributed by atoms with Crippen molar-refractivity contribution < 1.29 is 4.74 Å². The van der Waals surface area contributed by atoms with E-state index in [1.807, 2.05) is 0 Å². The van der Waals surface area contributed by atoms with Crippen molar-refractivity contribution in [3.63, 3.8) is 0 Å². The quantitative estimate of drug-likeness (QED) is 0.233. The fraction of sp³-hybridized carbons (Fsp3) is 0.194. The van der Waals surface area contributed by atoms with Crippen LogP contribution in [-0.2, 0) is 13.0 Å². The van der Waals surface area contributed by atoms with E-state index in [0.717, 1.165) is 36.5 Å². The van der Waals surface area contributed by atoms with Crippen LogP contribution >= 0.6 is 0 Å². The lowest BCUT2D eigenvalue weighted by atomic mass is 10.0. The van der Waals surface area contributed by atoms with Crippen LogP contribution in [0.1, 0.15) is 28.9 Å². The molecule has 0 aliphatic rings. The Morgan fingerprint density at radius 3 is 2.29 bits per heavy atom. The van der Waals surface area contributed by atoms with Gasteiger partial charge in [0.15, 0.2) is 0 Å². The number of nitrogens with zero attached hydrogens (tertiary/aromatic N) is 2. The van der Waals surface area contributed by atoms with Gasteiger partial charge in [-0.05, 0) is 60.7 Å². The third kappa shape index (κ3) is 4.89. The summed E-state index contributed by atoms with van der Waals surface area (Å²) in [6, 6.07) is 34.1. The van der Waals surface area contributed by atoms with Gasteiger partial charge in [0, 0.05) is 13.0 Å². The van der Waals surface area contributed by atoms with Crippen molar-refractivity contribution in [1.82, 2.24) is 9.55 Å². The van der Waals surface area contributed by atoms with E-state index >= 15 is 0 Å². The van der Waals surface area contributed by atoms with E-state index in [9.17, 15) is 0 Å². The summed E-state index contributed by atoms with van der Waals surface area (Å²) in [4.78, 5) is 4.97. The van der Waals surface area contributed by atoms with E-state index < -0.39 is 0 Å². The van der Waals surface area contributed by atoms with E-state index in [4.69, 9.17) is 9.72 Å². The summed E-state index contributed by atoms with van der Waals surface area (Å²) >= 11 is 0. The molecule has 170 valence electrons. The van der Waals surface area contributed by atoms with Gasteiger partial charge in [-0.1, -0.05) is 84.4 Å². The SMILES string of the molecule is Cc1ccc(OCCCn2c(Cc3ccc(-c4ccccc4)cc3)nc3ccccc32)c(C)c1. The molecule has 3 heteroatoms. The van der Waals surface area contributed by atoms with Gasteiger partial charge in [-0.3, -0.25) is 0 Å². The third-order valence-corrected chi connectivity index (χ3v) is 6.27. The smallest absolute Gasteiger partial charge is 0.122 e. The molecular formula is C31H30N2O. The molecule has 34 heavy (non-hydrogen) atoms. The van der Waals surface area contributed by atoms with Gasteiger partial charge in [0.05, 0.1) is 17.6 Å². The summed E-state index contributed by atoms with van der Waals surface area (Å²) in [5, 5.41) is 0. The highest BCUT2D eigenvalue weighted by Gasteiger charge is 2.11. The van der Waals surface area contributed by atoms with Gasteiger partial charge in [-0.15, -0.1) is 0 Å². The van der Waals surface area contributed by atoms with Crippen LogP contribution in [0.2, 0.25) is 0 Å². The number of fused-ring (bicyclic) bond motifs is 1. The molecule has 0 atom stereocenters. The second-order valence-electron chi connectivity index (χ2n) is 8.88. The monoisotopic (exact) mass is 446 g/mol. The van der Waals surface area contributed by atoms with Crippen LogP contribution in [0.15, 0.2) is 97.1 Å². The maximum atomic E-state index is 6.08. The van der Waals surface area contributed by atoms with Crippen LogP contribution in [-0.4, -0.2) is 16.2 Å². The zero-order valence-electron chi connectivity index (χ0n) is 19.9. The summed E-state index contributed by atoms with van der Waals surface area (Å²) in [6.45, 7) is 5.77. The normalized spacial score (nSPS) is 11.1. The fourth-order valence-corrected chi connectivity index (χ4v) is 4.50. The molecule has 0 saturated heterocycles. The molecule has 1 aromatic heterocycles. The van der Waals surface area contributed by atoms with Crippen LogP contribution in [0.5, 0.6) is 5.75 Å². The van der Waals surface area contributed by atoms with Crippen molar-refractivity contribution in [1.29, 1.82) is 0 Å². The molecule has 0 aliphatic heterocycles. The molecule has 0 radical (unpaired) electrons. The van der Waals surface area contributed by atoms with E-state index in [-0.39, 0.29) is 0 Å². The first-order chi connectivity index (χ1) is 16.7. The first-order valence-electron chi connectivity index (χ1n) is 12.0. The number of rotatable bonds is 8. The highest BCUT2D eigenvalue weighted by molar-refractivity contribution is 5.76. The largest absolute Gasteiger partial charge is 0.493 e. The van der Waals surface area contributed by atoms with Gasteiger partial charge >= 0.3 is 0 Å². The zero-order valence-corrected chi connectivity index (χ0v) is 19.9. The lowest BCUT2D eigenvalue weighted by Gasteiger charge is -2.12. The minimum absolute atomic E-state index is 0.682. The van der Waals surface area contributed by atoms with E-state index in [1.54, 1.807) is 0 Å². The maximum Gasteiger partial charge on any atom is 0.122 e. The van der Waals surface area contributed by atoms with Crippen LogP contribution in [0.3, 0.4) is 0 Å². The highest BCUT2D eigenvalue weighted by Crippen LogP contribution is 2.23. The Morgan fingerprint density at radius 1 is 0.765 bits per heavy atom. The molecule has 0 fully saturated rings. The lowest BCUT2D eigenvalue weighted by Crippen LogP contribution is -2.09. The van der Waals surface area contributed by atoms with Crippen molar-refractivity contribution in [3.8, 4) is 16.9 Å². The molecule has 3 nitrogen and oxygen atoms in total. The van der Waals surface area contributed by atoms with Gasteiger partial charge in [0.2, 0.25) is 0 Å². The minimum atomic E-state index is 0.682. The number of aryl methyl sites for hydroxylation is 3. The zero-order chi connectivity index (χ0) is 23.3. The standard InChI is InChI=1S/C31H30N2O/c1-23-13-18-30(24(2)21-23)34-20-8-19-33-29-12-7-6-11-28(29)32-31(33)22-25-14-16-27(17-15-25)26-9-4-3-5-10-26/h3-7,9-18,21H,8,19-20,22H2,1-2H3. The molecule has 0 unspecified atom stereocenters. The van der Waals surface area contributed by atoms with Gasteiger partial charge in [0.25, 0.3) is 0 Å². The van der Waals surface area contributed by atoms with E-state index in [0.29, 0.717) is 6.61 Å². The number of hydrogen-bond acceptors (Lipinski definition) is 2. The summed E-state index contributed by atoms with van der Waals surface area (Å²) in [5.74, 6) is 2.07. The van der Waals surface area contributed by atoms with E-state index in [1.165, 1.54) is 33.3 Å².